The molecule has 0 amide bonds. The Labute approximate surface area is 115 Å². The summed E-state index contributed by atoms with van der Waals surface area (Å²) in [5, 5.41) is 11.9. The first-order valence-electron chi connectivity index (χ1n) is 5.49. The van der Waals surface area contributed by atoms with E-state index in [0.717, 1.165) is 27.1 Å². The Morgan fingerprint density at radius 3 is 2.88 bits per heavy atom. The normalized spacial score (nSPS) is 13.7. The molecule has 0 spiro atoms. The standard InChI is InChI=1S/C12H17BrN2OS/c1-3-8(2)7-17-10-6-4-5-9(13)11(10)12(14)15-16/h4-6,8,16H,3,7H2,1-2H3,(H2,14,15). The van der Waals surface area contributed by atoms with Crippen LogP contribution in [0.1, 0.15) is 25.8 Å². The van der Waals surface area contributed by atoms with E-state index in [-0.39, 0.29) is 5.84 Å². The van der Waals surface area contributed by atoms with Crippen molar-refractivity contribution < 1.29 is 5.21 Å². The van der Waals surface area contributed by atoms with E-state index in [1.54, 1.807) is 11.8 Å². The van der Waals surface area contributed by atoms with Crippen molar-refractivity contribution in [2.24, 2.45) is 16.8 Å². The van der Waals surface area contributed by atoms with E-state index in [2.05, 4.69) is 34.9 Å². The van der Waals surface area contributed by atoms with E-state index in [0.29, 0.717) is 5.92 Å². The Morgan fingerprint density at radius 2 is 2.29 bits per heavy atom. The Balaban J connectivity index is 2.95. The summed E-state index contributed by atoms with van der Waals surface area (Å²) in [5.74, 6) is 1.82. The monoisotopic (exact) mass is 316 g/mol. The number of nitrogens with zero attached hydrogens (tertiary/aromatic N) is 1. The lowest BCUT2D eigenvalue weighted by molar-refractivity contribution is 0.318. The van der Waals surface area contributed by atoms with E-state index in [9.17, 15) is 0 Å². The van der Waals surface area contributed by atoms with Gasteiger partial charge in [0, 0.05) is 20.7 Å². The van der Waals surface area contributed by atoms with Gasteiger partial charge < -0.3 is 10.9 Å². The van der Waals surface area contributed by atoms with Crippen LogP contribution in [0.2, 0.25) is 0 Å². The zero-order chi connectivity index (χ0) is 12.8. The summed E-state index contributed by atoms with van der Waals surface area (Å²) in [6.45, 7) is 4.39. The topological polar surface area (TPSA) is 58.6 Å². The fourth-order valence-electron chi connectivity index (χ4n) is 1.27. The highest BCUT2D eigenvalue weighted by Crippen LogP contribution is 2.30. The molecule has 5 heteroatoms. The fourth-order valence-corrected chi connectivity index (χ4v) is 3.21. The molecule has 0 bridgehead atoms. The van der Waals surface area contributed by atoms with Crippen LogP contribution in [0, 0.1) is 5.92 Å². The molecule has 17 heavy (non-hydrogen) atoms. The van der Waals surface area contributed by atoms with Gasteiger partial charge in [0.1, 0.15) is 0 Å². The lowest BCUT2D eigenvalue weighted by Crippen LogP contribution is -2.15. The van der Waals surface area contributed by atoms with Crippen LogP contribution in [0.3, 0.4) is 0 Å². The van der Waals surface area contributed by atoms with E-state index in [1.165, 1.54) is 0 Å². The summed E-state index contributed by atoms with van der Waals surface area (Å²) in [7, 11) is 0. The third-order valence-electron chi connectivity index (χ3n) is 2.56. The number of hydrogen-bond donors (Lipinski definition) is 2. The average Bonchev–Trinajstić information content (AvgIpc) is 2.35. The van der Waals surface area contributed by atoms with E-state index < -0.39 is 0 Å². The Morgan fingerprint density at radius 1 is 1.59 bits per heavy atom. The van der Waals surface area contributed by atoms with Crippen LogP contribution in [0.25, 0.3) is 0 Å². The molecule has 1 unspecified atom stereocenters. The zero-order valence-electron chi connectivity index (χ0n) is 9.98. The highest BCUT2D eigenvalue weighted by molar-refractivity contribution is 9.10. The van der Waals surface area contributed by atoms with Gasteiger partial charge >= 0.3 is 0 Å². The van der Waals surface area contributed by atoms with Gasteiger partial charge in [0.15, 0.2) is 5.84 Å². The maximum atomic E-state index is 8.79. The molecule has 0 aliphatic carbocycles. The van der Waals surface area contributed by atoms with Gasteiger partial charge in [0.25, 0.3) is 0 Å². The number of thioether (sulfide) groups is 1. The van der Waals surface area contributed by atoms with Crippen molar-refractivity contribution in [3.05, 3.63) is 28.2 Å². The Bertz CT molecular complexity index is 409. The molecule has 1 rings (SSSR count). The molecule has 1 aromatic carbocycles. The maximum absolute atomic E-state index is 8.79. The highest BCUT2D eigenvalue weighted by Gasteiger charge is 2.12. The first kappa shape index (κ1) is 14.4. The summed E-state index contributed by atoms with van der Waals surface area (Å²) in [5.41, 5.74) is 6.46. The van der Waals surface area contributed by atoms with Gasteiger partial charge in [0.05, 0.1) is 0 Å². The van der Waals surface area contributed by atoms with Gasteiger partial charge in [-0.1, -0.05) is 31.5 Å². The van der Waals surface area contributed by atoms with E-state index >= 15 is 0 Å². The first-order chi connectivity index (χ1) is 8.10. The number of rotatable bonds is 5. The molecule has 0 heterocycles. The van der Waals surface area contributed by atoms with Crippen molar-refractivity contribution in [1.82, 2.24) is 0 Å². The zero-order valence-corrected chi connectivity index (χ0v) is 12.4. The molecule has 94 valence electrons. The van der Waals surface area contributed by atoms with Crippen LogP contribution in [0.5, 0.6) is 0 Å². The number of hydrogen-bond acceptors (Lipinski definition) is 3. The molecule has 0 saturated heterocycles. The summed E-state index contributed by atoms with van der Waals surface area (Å²) >= 11 is 5.16. The lowest BCUT2D eigenvalue weighted by atomic mass is 10.2. The highest BCUT2D eigenvalue weighted by atomic mass is 79.9. The minimum Gasteiger partial charge on any atom is -0.409 e. The van der Waals surface area contributed by atoms with Crippen LogP contribution in [0.15, 0.2) is 32.7 Å². The number of benzene rings is 1. The number of nitrogens with two attached hydrogens (primary N) is 1. The van der Waals surface area contributed by atoms with Crippen molar-refractivity contribution in [3.63, 3.8) is 0 Å². The third kappa shape index (κ3) is 3.92. The maximum Gasteiger partial charge on any atom is 0.172 e. The van der Waals surface area contributed by atoms with Crippen molar-refractivity contribution in [2.75, 3.05) is 5.75 Å². The van der Waals surface area contributed by atoms with Gasteiger partial charge in [-0.2, -0.15) is 0 Å². The quantitative estimate of drug-likeness (QED) is 0.286. The Kier molecular flexibility index (Phi) is 5.85. The first-order valence-corrected chi connectivity index (χ1v) is 7.27. The van der Waals surface area contributed by atoms with Crippen LogP contribution in [-0.2, 0) is 0 Å². The molecular weight excluding hydrogens is 300 g/mol. The van der Waals surface area contributed by atoms with Crippen LogP contribution >= 0.6 is 27.7 Å². The smallest absolute Gasteiger partial charge is 0.172 e. The minimum atomic E-state index is 0.143. The summed E-state index contributed by atoms with van der Waals surface area (Å²) < 4.78 is 0.849. The Hall–Kier alpha value is -0.680. The second-order valence-electron chi connectivity index (χ2n) is 3.92. The molecule has 0 aromatic heterocycles. The van der Waals surface area contributed by atoms with Crippen LogP contribution in [0.4, 0.5) is 0 Å². The van der Waals surface area contributed by atoms with Crippen molar-refractivity contribution in [3.8, 4) is 0 Å². The van der Waals surface area contributed by atoms with Crippen LogP contribution < -0.4 is 5.73 Å². The lowest BCUT2D eigenvalue weighted by Gasteiger charge is -2.12. The van der Waals surface area contributed by atoms with Crippen molar-refractivity contribution in [1.29, 1.82) is 0 Å². The van der Waals surface area contributed by atoms with Gasteiger partial charge in [-0.05, 0) is 34.0 Å². The van der Waals surface area contributed by atoms with Crippen molar-refractivity contribution >= 4 is 33.5 Å². The molecule has 0 aliphatic rings. The number of halogens is 1. The largest absolute Gasteiger partial charge is 0.409 e. The predicted molar refractivity (Wildman–Crippen MR) is 76.8 cm³/mol. The minimum absolute atomic E-state index is 0.143. The van der Waals surface area contributed by atoms with Gasteiger partial charge in [0.2, 0.25) is 0 Å². The molecule has 0 radical (unpaired) electrons. The second-order valence-corrected chi connectivity index (χ2v) is 5.84. The average molecular weight is 317 g/mol. The van der Waals surface area contributed by atoms with Gasteiger partial charge in [-0.15, -0.1) is 11.8 Å². The summed E-state index contributed by atoms with van der Waals surface area (Å²) in [4.78, 5) is 1.04. The molecule has 0 fully saturated rings. The molecule has 1 atom stereocenters. The van der Waals surface area contributed by atoms with Gasteiger partial charge in [-0.25, -0.2) is 0 Å². The predicted octanol–water partition coefficient (Wildman–Crippen LogP) is 3.68. The molecule has 0 saturated carbocycles. The van der Waals surface area contributed by atoms with Crippen molar-refractivity contribution in [2.45, 2.75) is 25.2 Å². The molecular formula is C12H17BrN2OS. The number of amidine groups is 1. The van der Waals surface area contributed by atoms with Gasteiger partial charge in [-0.3, -0.25) is 0 Å². The SMILES string of the molecule is CCC(C)CSc1cccc(Br)c1/C(N)=N/O. The third-order valence-corrected chi connectivity index (χ3v) is 4.61. The summed E-state index contributed by atoms with van der Waals surface area (Å²) in [6, 6.07) is 5.84. The molecule has 3 N–H and O–H groups in total. The molecule has 0 aliphatic heterocycles. The molecule has 1 aromatic rings. The van der Waals surface area contributed by atoms with Crippen LogP contribution in [-0.4, -0.2) is 16.8 Å². The molecule has 3 nitrogen and oxygen atoms in total. The summed E-state index contributed by atoms with van der Waals surface area (Å²) in [6.07, 6.45) is 1.15. The van der Waals surface area contributed by atoms with E-state index in [1.807, 2.05) is 18.2 Å². The van der Waals surface area contributed by atoms with E-state index in [4.69, 9.17) is 10.9 Å². The number of oxime groups is 1. The fraction of sp³-hybridized carbons (Fsp3) is 0.417. The second kappa shape index (κ2) is 6.91.